The molecule has 0 saturated heterocycles. The van der Waals surface area contributed by atoms with Crippen LogP contribution in [-0.4, -0.2) is 8.07 Å². The van der Waals surface area contributed by atoms with Gasteiger partial charge in [0.25, 0.3) is 0 Å². The van der Waals surface area contributed by atoms with Crippen molar-refractivity contribution < 1.29 is 0 Å². The van der Waals surface area contributed by atoms with Crippen molar-refractivity contribution in [1.29, 1.82) is 0 Å². The van der Waals surface area contributed by atoms with Gasteiger partial charge in [0.2, 0.25) is 0 Å². The summed E-state index contributed by atoms with van der Waals surface area (Å²) < 4.78 is 0. The van der Waals surface area contributed by atoms with E-state index in [4.69, 9.17) is 0 Å². The Labute approximate surface area is 126 Å². The molecule has 0 spiro atoms. The molecule has 1 heteroatoms. The van der Waals surface area contributed by atoms with Crippen LogP contribution in [0.25, 0.3) is 6.08 Å². The molecule has 0 N–H and O–H groups in total. The quantitative estimate of drug-likeness (QED) is 0.401. The molecule has 1 aliphatic rings. The third-order valence-corrected chi connectivity index (χ3v) is 6.75. The zero-order chi connectivity index (χ0) is 14.6. The van der Waals surface area contributed by atoms with Gasteiger partial charge in [0, 0.05) is 5.92 Å². The molecular weight excluding hydrogens is 256 g/mol. The number of benzene rings is 1. The van der Waals surface area contributed by atoms with Gasteiger partial charge in [0.15, 0.2) is 0 Å². The highest BCUT2D eigenvalue weighted by Gasteiger charge is 2.32. The lowest BCUT2D eigenvalue weighted by atomic mass is 9.94. The Balaban J connectivity index is 2.06. The number of hydrogen-bond donors (Lipinski definition) is 0. The number of allylic oxidation sites excluding steroid dienone is 1. The van der Waals surface area contributed by atoms with Crippen molar-refractivity contribution in [2.24, 2.45) is 0 Å². The summed E-state index contributed by atoms with van der Waals surface area (Å²) in [6.07, 6.45) is 10.8. The Bertz CT molecular complexity index is 465. The molecule has 20 heavy (non-hydrogen) atoms. The fourth-order valence-electron chi connectivity index (χ4n) is 3.40. The lowest BCUT2D eigenvalue weighted by Gasteiger charge is -2.26. The van der Waals surface area contributed by atoms with E-state index in [1.165, 1.54) is 44.1 Å². The van der Waals surface area contributed by atoms with Crippen LogP contribution in [0.3, 0.4) is 0 Å². The first-order valence-electron chi connectivity index (χ1n) is 8.35. The summed E-state index contributed by atoms with van der Waals surface area (Å²) in [5.41, 5.74) is 3.09. The number of unbranched alkanes of at least 4 members (excludes halogenated alkanes) is 4. The minimum atomic E-state index is -1.20. The second-order valence-electron chi connectivity index (χ2n) is 7.23. The summed E-state index contributed by atoms with van der Waals surface area (Å²) >= 11 is 0. The highest BCUT2D eigenvalue weighted by molar-refractivity contribution is 6.84. The van der Waals surface area contributed by atoms with E-state index in [-0.39, 0.29) is 0 Å². The van der Waals surface area contributed by atoms with E-state index >= 15 is 0 Å². The van der Waals surface area contributed by atoms with Crippen LogP contribution >= 0.6 is 0 Å². The minimum absolute atomic E-state index is 0.722. The molecule has 1 aromatic carbocycles. The van der Waals surface area contributed by atoms with Crippen LogP contribution in [0.5, 0.6) is 0 Å². The van der Waals surface area contributed by atoms with Crippen LogP contribution in [0.1, 0.15) is 62.5 Å². The van der Waals surface area contributed by atoms with Crippen LogP contribution in [0, 0.1) is 0 Å². The molecule has 0 aromatic heterocycles. The lowest BCUT2D eigenvalue weighted by Crippen LogP contribution is -2.26. The molecule has 0 amide bonds. The van der Waals surface area contributed by atoms with Gasteiger partial charge in [-0.25, -0.2) is 0 Å². The molecule has 2 rings (SSSR count). The number of hydrogen-bond acceptors (Lipinski definition) is 0. The van der Waals surface area contributed by atoms with Crippen LogP contribution in [0.2, 0.25) is 19.6 Å². The molecule has 0 aliphatic heterocycles. The zero-order valence-electron chi connectivity index (χ0n) is 13.7. The number of rotatable bonds is 7. The maximum atomic E-state index is 2.51. The maximum Gasteiger partial charge on any atom is 0.0732 e. The van der Waals surface area contributed by atoms with E-state index in [0.717, 1.165) is 5.92 Å². The highest BCUT2D eigenvalue weighted by atomic mass is 28.3. The fourth-order valence-corrected chi connectivity index (χ4v) is 5.33. The van der Waals surface area contributed by atoms with Crippen molar-refractivity contribution in [3.63, 3.8) is 0 Å². The van der Waals surface area contributed by atoms with E-state index in [0.29, 0.717) is 0 Å². The first-order valence-corrected chi connectivity index (χ1v) is 11.8. The third kappa shape index (κ3) is 3.63. The second-order valence-corrected chi connectivity index (χ2v) is 12.3. The van der Waals surface area contributed by atoms with Crippen molar-refractivity contribution in [3.05, 3.63) is 40.6 Å². The Hall–Kier alpha value is -0.823. The van der Waals surface area contributed by atoms with E-state index in [9.17, 15) is 0 Å². The zero-order valence-corrected chi connectivity index (χ0v) is 14.7. The number of fused-ring (bicyclic) bond motifs is 1. The van der Waals surface area contributed by atoms with Crippen LogP contribution in [0.15, 0.2) is 29.5 Å². The largest absolute Gasteiger partial charge is 0.0732 e. The monoisotopic (exact) mass is 286 g/mol. The highest BCUT2D eigenvalue weighted by Crippen LogP contribution is 2.43. The van der Waals surface area contributed by atoms with Crippen molar-refractivity contribution in [3.8, 4) is 0 Å². The molecular formula is C19H30Si. The van der Waals surface area contributed by atoms with Gasteiger partial charge in [-0.05, 0) is 17.5 Å². The Morgan fingerprint density at radius 2 is 1.65 bits per heavy atom. The standard InChI is InChI=1S/C19H30Si/c1-5-6-7-8-9-14-18-17-13-11-10-12-16(17)15-19(18)20(2,3)4/h10-13,15,18H,5-9,14H2,1-4H3. The molecule has 1 aliphatic carbocycles. The topological polar surface area (TPSA) is 0 Å². The summed E-state index contributed by atoms with van der Waals surface area (Å²) in [5.74, 6) is 0.722. The van der Waals surface area contributed by atoms with Crippen molar-refractivity contribution in [2.45, 2.75) is 71.0 Å². The van der Waals surface area contributed by atoms with Crippen LogP contribution in [0.4, 0.5) is 0 Å². The first-order chi connectivity index (χ1) is 9.54. The van der Waals surface area contributed by atoms with E-state index in [2.05, 4.69) is 56.9 Å². The molecule has 0 fully saturated rings. The molecule has 0 nitrogen and oxygen atoms in total. The summed E-state index contributed by atoms with van der Waals surface area (Å²) in [6, 6.07) is 9.05. The smallest absolute Gasteiger partial charge is 0.0731 e. The van der Waals surface area contributed by atoms with Gasteiger partial charge in [-0.2, -0.15) is 0 Å². The average Bonchev–Trinajstić information content (AvgIpc) is 2.78. The molecule has 0 radical (unpaired) electrons. The predicted octanol–water partition coefficient (Wildman–Crippen LogP) is 6.41. The molecule has 110 valence electrons. The Morgan fingerprint density at radius 1 is 0.950 bits per heavy atom. The lowest BCUT2D eigenvalue weighted by molar-refractivity contribution is 0.585. The molecule has 1 atom stereocenters. The SMILES string of the molecule is CCCCCCCC1C([Si](C)(C)C)=Cc2ccccc21. The summed E-state index contributed by atoms with van der Waals surface area (Å²) in [6.45, 7) is 9.78. The summed E-state index contributed by atoms with van der Waals surface area (Å²) in [4.78, 5) is 0. The maximum absolute atomic E-state index is 2.51. The predicted molar refractivity (Wildman–Crippen MR) is 93.9 cm³/mol. The fraction of sp³-hybridized carbons (Fsp3) is 0.579. The minimum Gasteiger partial charge on any atom is -0.0731 e. The third-order valence-electron chi connectivity index (χ3n) is 4.52. The Morgan fingerprint density at radius 3 is 2.35 bits per heavy atom. The molecule has 0 heterocycles. The van der Waals surface area contributed by atoms with Crippen LogP contribution in [-0.2, 0) is 0 Å². The van der Waals surface area contributed by atoms with Gasteiger partial charge in [0.1, 0.15) is 0 Å². The Kier molecular flexibility index (Phi) is 5.26. The molecule has 0 saturated carbocycles. The van der Waals surface area contributed by atoms with Crippen molar-refractivity contribution in [2.75, 3.05) is 0 Å². The average molecular weight is 287 g/mol. The van der Waals surface area contributed by atoms with Gasteiger partial charge in [-0.3, -0.25) is 0 Å². The van der Waals surface area contributed by atoms with Gasteiger partial charge >= 0.3 is 0 Å². The first kappa shape index (κ1) is 15.6. The molecule has 1 unspecified atom stereocenters. The van der Waals surface area contributed by atoms with Crippen molar-refractivity contribution in [1.82, 2.24) is 0 Å². The molecule has 0 bridgehead atoms. The van der Waals surface area contributed by atoms with Crippen LogP contribution < -0.4 is 0 Å². The summed E-state index contributed by atoms with van der Waals surface area (Å²) in [5, 5.41) is 1.77. The summed E-state index contributed by atoms with van der Waals surface area (Å²) in [7, 11) is -1.20. The van der Waals surface area contributed by atoms with Gasteiger partial charge < -0.3 is 0 Å². The second kappa shape index (κ2) is 6.75. The van der Waals surface area contributed by atoms with Gasteiger partial charge in [-0.1, -0.05) is 94.2 Å². The normalized spacial score (nSPS) is 18.0. The van der Waals surface area contributed by atoms with Crippen molar-refractivity contribution >= 4 is 14.1 Å². The van der Waals surface area contributed by atoms with E-state index in [1.807, 2.05) is 0 Å². The van der Waals surface area contributed by atoms with Gasteiger partial charge in [0.05, 0.1) is 8.07 Å². The van der Waals surface area contributed by atoms with E-state index in [1.54, 1.807) is 10.8 Å². The van der Waals surface area contributed by atoms with Gasteiger partial charge in [-0.15, -0.1) is 0 Å². The molecule has 1 aromatic rings. The van der Waals surface area contributed by atoms with E-state index < -0.39 is 8.07 Å².